The molecule has 6 nitrogen and oxygen atoms in total. The van der Waals surface area contributed by atoms with Crippen LogP contribution in [0, 0.1) is 5.92 Å². The van der Waals surface area contributed by atoms with E-state index in [9.17, 15) is 4.79 Å². The molecule has 3 rings (SSSR count). The van der Waals surface area contributed by atoms with Crippen LogP contribution < -0.4 is 10.6 Å². The molecule has 2 unspecified atom stereocenters. The van der Waals surface area contributed by atoms with Crippen molar-refractivity contribution in [1.82, 2.24) is 20.0 Å². The number of hydrogen-bond donors (Lipinski definition) is 2. The van der Waals surface area contributed by atoms with Gasteiger partial charge in [-0.05, 0) is 52.1 Å². The van der Waals surface area contributed by atoms with Gasteiger partial charge in [-0.25, -0.2) is 4.68 Å². The van der Waals surface area contributed by atoms with Crippen LogP contribution in [-0.2, 0) is 4.79 Å². The third-order valence-electron chi connectivity index (χ3n) is 4.91. The fourth-order valence-electron chi connectivity index (χ4n) is 3.34. The number of aromatic nitrogens is 2. The van der Waals surface area contributed by atoms with Gasteiger partial charge in [-0.2, -0.15) is 5.10 Å². The Morgan fingerprint density at radius 3 is 3.00 bits per heavy atom. The quantitative estimate of drug-likeness (QED) is 0.835. The third kappa shape index (κ3) is 3.67. The number of nitrogens with zero attached hydrogens (tertiary/aromatic N) is 3. The van der Waals surface area contributed by atoms with E-state index in [2.05, 4.69) is 27.6 Å². The highest BCUT2D eigenvalue weighted by Crippen LogP contribution is 2.40. The average Bonchev–Trinajstić information content (AvgIpc) is 3.27. The van der Waals surface area contributed by atoms with Crippen LogP contribution in [0.2, 0.25) is 0 Å². The van der Waals surface area contributed by atoms with E-state index in [0.29, 0.717) is 24.5 Å². The molecule has 1 aromatic rings. The van der Waals surface area contributed by atoms with Crippen molar-refractivity contribution >= 4 is 11.7 Å². The van der Waals surface area contributed by atoms with Gasteiger partial charge < -0.3 is 10.6 Å². The van der Waals surface area contributed by atoms with Gasteiger partial charge in [0.05, 0.1) is 18.8 Å². The molecule has 22 heavy (non-hydrogen) atoms. The monoisotopic (exact) mass is 305 g/mol. The first-order valence-electron chi connectivity index (χ1n) is 8.40. The standard InChI is InChI=1S/C16H27N5O/c1-12(13-5-6-13)21-15(7-8-18-21)19-16(22)11-20-9-3-4-14(10-20)17-2/h7-8,12-14,17H,3-6,9-11H2,1-2H3,(H,19,22). The summed E-state index contributed by atoms with van der Waals surface area (Å²) in [6.45, 7) is 4.59. The molecular weight excluding hydrogens is 278 g/mol. The van der Waals surface area contributed by atoms with Gasteiger partial charge in [0.25, 0.3) is 0 Å². The number of rotatable bonds is 6. The second kappa shape index (κ2) is 6.79. The first-order chi connectivity index (χ1) is 10.7. The van der Waals surface area contributed by atoms with E-state index in [1.165, 1.54) is 19.3 Å². The van der Waals surface area contributed by atoms with Gasteiger partial charge in [0.2, 0.25) is 5.91 Å². The minimum Gasteiger partial charge on any atom is -0.316 e. The van der Waals surface area contributed by atoms with E-state index in [4.69, 9.17) is 0 Å². The second-order valence-electron chi connectivity index (χ2n) is 6.65. The highest BCUT2D eigenvalue weighted by Gasteiger charge is 2.31. The summed E-state index contributed by atoms with van der Waals surface area (Å²) in [5.41, 5.74) is 0. The molecular formula is C16H27N5O. The van der Waals surface area contributed by atoms with Gasteiger partial charge in [0.1, 0.15) is 5.82 Å². The Balaban J connectivity index is 1.54. The van der Waals surface area contributed by atoms with Gasteiger partial charge >= 0.3 is 0 Å². The van der Waals surface area contributed by atoms with Crippen LogP contribution in [0.25, 0.3) is 0 Å². The number of carbonyl (C=O) groups is 1. The Kier molecular flexibility index (Phi) is 4.78. The molecule has 1 aliphatic carbocycles. The molecule has 2 aliphatic rings. The van der Waals surface area contributed by atoms with Crippen molar-refractivity contribution in [3.05, 3.63) is 12.3 Å². The molecule has 2 heterocycles. The molecule has 2 fully saturated rings. The normalized spacial score (nSPS) is 24.2. The minimum atomic E-state index is 0.0569. The van der Waals surface area contributed by atoms with Crippen molar-refractivity contribution < 1.29 is 4.79 Å². The summed E-state index contributed by atoms with van der Waals surface area (Å²) in [6, 6.07) is 2.76. The Morgan fingerprint density at radius 1 is 1.45 bits per heavy atom. The molecule has 1 amide bonds. The second-order valence-corrected chi connectivity index (χ2v) is 6.65. The SMILES string of the molecule is CNC1CCCN(CC(=O)Nc2ccnn2C(C)C2CC2)C1. The van der Waals surface area contributed by atoms with Crippen LogP contribution in [-0.4, -0.2) is 53.3 Å². The minimum absolute atomic E-state index is 0.0569. The van der Waals surface area contributed by atoms with Crippen molar-refractivity contribution in [2.24, 2.45) is 5.92 Å². The van der Waals surface area contributed by atoms with Crippen LogP contribution >= 0.6 is 0 Å². The van der Waals surface area contributed by atoms with E-state index in [-0.39, 0.29) is 5.91 Å². The summed E-state index contributed by atoms with van der Waals surface area (Å²) < 4.78 is 1.96. The molecule has 1 aliphatic heterocycles. The molecule has 6 heteroatoms. The smallest absolute Gasteiger partial charge is 0.239 e. The number of nitrogens with one attached hydrogen (secondary N) is 2. The first kappa shape index (κ1) is 15.5. The van der Waals surface area contributed by atoms with E-state index >= 15 is 0 Å². The van der Waals surface area contributed by atoms with Gasteiger partial charge in [-0.1, -0.05) is 0 Å². The maximum atomic E-state index is 12.3. The molecule has 0 bridgehead atoms. The Hall–Kier alpha value is -1.40. The van der Waals surface area contributed by atoms with Gasteiger partial charge in [0, 0.05) is 18.7 Å². The number of amides is 1. The Labute approximate surface area is 132 Å². The lowest BCUT2D eigenvalue weighted by molar-refractivity contribution is -0.117. The van der Waals surface area contributed by atoms with E-state index in [0.717, 1.165) is 25.3 Å². The molecule has 2 atom stereocenters. The molecule has 1 saturated carbocycles. The largest absolute Gasteiger partial charge is 0.316 e. The van der Waals surface area contributed by atoms with Gasteiger partial charge in [-0.15, -0.1) is 0 Å². The number of likely N-dealkylation sites (N-methyl/N-ethyl adjacent to an activating group) is 1. The van der Waals surface area contributed by atoms with Gasteiger partial charge in [0.15, 0.2) is 0 Å². The summed E-state index contributed by atoms with van der Waals surface area (Å²) >= 11 is 0. The maximum Gasteiger partial charge on any atom is 0.239 e. The lowest BCUT2D eigenvalue weighted by Gasteiger charge is -2.31. The fraction of sp³-hybridized carbons (Fsp3) is 0.750. The van der Waals surface area contributed by atoms with Crippen LogP contribution in [0.4, 0.5) is 5.82 Å². The molecule has 0 radical (unpaired) electrons. The van der Waals surface area contributed by atoms with E-state index in [1.807, 2.05) is 17.8 Å². The maximum absolute atomic E-state index is 12.3. The van der Waals surface area contributed by atoms with Crippen LogP contribution in [0.5, 0.6) is 0 Å². The molecule has 0 aromatic carbocycles. The summed E-state index contributed by atoms with van der Waals surface area (Å²) in [7, 11) is 1.99. The zero-order chi connectivity index (χ0) is 15.5. The van der Waals surface area contributed by atoms with Gasteiger partial charge in [-0.3, -0.25) is 9.69 Å². The van der Waals surface area contributed by atoms with E-state index < -0.39 is 0 Å². The van der Waals surface area contributed by atoms with Crippen LogP contribution in [0.3, 0.4) is 0 Å². The number of hydrogen-bond acceptors (Lipinski definition) is 4. The molecule has 2 N–H and O–H groups in total. The average molecular weight is 305 g/mol. The van der Waals surface area contributed by atoms with Crippen molar-refractivity contribution in [2.75, 3.05) is 32.0 Å². The summed E-state index contributed by atoms with van der Waals surface area (Å²) in [6.07, 6.45) is 6.66. The first-order valence-corrected chi connectivity index (χ1v) is 8.40. The summed E-state index contributed by atoms with van der Waals surface area (Å²) in [5, 5.41) is 10.7. The van der Waals surface area contributed by atoms with Crippen LogP contribution in [0.1, 0.15) is 38.6 Å². The lowest BCUT2D eigenvalue weighted by Crippen LogP contribution is -2.47. The van der Waals surface area contributed by atoms with Crippen LogP contribution in [0.15, 0.2) is 12.3 Å². The van der Waals surface area contributed by atoms with Crippen molar-refractivity contribution in [1.29, 1.82) is 0 Å². The molecule has 1 aromatic heterocycles. The predicted octanol–water partition coefficient (Wildman–Crippen LogP) is 1.48. The number of likely N-dealkylation sites (tertiary alicyclic amines) is 1. The predicted molar refractivity (Wildman–Crippen MR) is 86.8 cm³/mol. The van der Waals surface area contributed by atoms with E-state index in [1.54, 1.807) is 6.20 Å². The van der Waals surface area contributed by atoms with Crippen molar-refractivity contribution in [3.63, 3.8) is 0 Å². The number of anilines is 1. The topological polar surface area (TPSA) is 62.2 Å². The molecule has 1 saturated heterocycles. The third-order valence-corrected chi connectivity index (χ3v) is 4.91. The number of piperidine rings is 1. The molecule has 0 spiro atoms. The zero-order valence-corrected chi connectivity index (χ0v) is 13.6. The van der Waals surface area contributed by atoms with Crippen molar-refractivity contribution in [3.8, 4) is 0 Å². The molecule has 122 valence electrons. The van der Waals surface area contributed by atoms with Crippen molar-refractivity contribution in [2.45, 2.75) is 44.7 Å². The highest BCUT2D eigenvalue weighted by atomic mass is 16.2. The highest BCUT2D eigenvalue weighted by molar-refractivity contribution is 5.91. The summed E-state index contributed by atoms with van der Waals surface area (Å²) in [4.78, 5) is 14.5. The number of carbonyl (C=O) groups excluding carboxylic acids is 1. The Bertz CT molecular complexity index is 510. The lowest BCUT2D eigenvalue weighted by atomic mass is 10.1. The fourth-order valence-corrected chi connectivity index (χ4v) is 3.34. The summed E-state index contributed by atoms with van der Waals surface area (Å²) in [5.74, 6) is 1.60. The zero-order valence-electron chi connectivity index (χ0n) is 13.6. The Morgan fingerprint density at radius 2 is 2.27 bits per heavy atom.